The molecule has 6 nitrogen and oxygen atoms in total. The number of carbonyl (C=O) groups is 1. The number of nitrogens with one attached hydrogen (secondary N) is 2. The van der Waals surface area contributed by atoms with Gasteiger partial charge in [0.1, 0.15) is 0 Å². The molecule has 4 rings (SSSR count). The van der Waals surface area contributed by atoms with Gasteiger partial charge in [0.05, 0.1) is 4.90 Å². The van der Waals surface area contributed by atoms with Gasteiger partial charge in [-0.15, -0.1) is 0 Å². The summed E-state index contributed by atoms with van der Waals surface area (Å²) in [5.41, 5.74) is 2.46. The highest BCUT2D eigenvalue weighted by atomic mass is 32.2. The zero-order valence-electron chi connectivity index (χ0n) is 19.8. The molecule has 0 spiro atoms. The lowest BCUT2D eigenvalue weighted by molar-refractivity contribution is 0.0909. The molecular weight excluding hydrogens is 434 g/mol. The highest BCUT2D eigenvalue weighted by Crippen LogP contribution is 2.29. The number of nitrogens with zero attached hydrogens (tertiary/aromatic N) is 1. The van der Waals surface area contributed by atoms with E-state index >= 15 is 0 Å². The second-order valence-electron chi connectivity index (χ2n) is 10.3. The molecule has 0 bridgehead atoms. The van der Waals surface area contributed by atoms with Crippen LogP contribution in [0, 0.1) is 0 Å². The summed E-state index contributed by atoms with van der Waals surface area (Å²) in [4.78, 5) is 15.4. The van der Waals surface area contributed by atoms with Crippen molar-refractivity contribution in [2.24, 2.45) is 0 Å². The minimum atomic E-state index is -3.61. The average Bonchev–Trinajstić information content (AvgIpc) is 3.64. The van der Waals surface area contributed by atoms with E-state index in [0.29, 0.717) is 5.56 Å². The van der Waals surface area contributed by atoms with Crippen molar-refractivity contribution in [2.75, 3.05) is 13.1 Å². The number of carbonyl (C=O) groups excluding carboxylic acids is 1. The predicted molar refractivity (Wildman–Crippen MR) is 131 cm³/mol. The van der Waals surface area contributed by atoms with E-state index in [0.717, 1.165) is 43.1 Å². The van der Waals surface area contributed by atoms with Crippen LogP contribution in [0.25, 0.3) is 0 Å². The molecule has 1 aliphatic heterocycles. The maximum absolute atomic E-state index is 12.7. The number of sulfonamides is 1. The number of benzene rings is 2. The molecule has 1 saturated carbocycles. The van der Waals surface area contributed by atoms with Gasteiger partial charge in [0.15, 0.2) is 0 Å². The Hall–Kier alpha value is -2.22. The van der Waals surface area contributed by atoms with Crippen LogP contribution < -0.4 is 10.0 Å². The van der Waals surface area contributed by atoms with Gasteiger partial charge in [0.2, 0.25) is 10.0 Å². The fraction of sp³-hybridized carbons (Fsp3) is 0.500. The van der Waals surface area contributed by atoms with Crippen LogP contribution in [0.4, 0.5) is 0 Å². The van der Waals surface area contributed by atoms with Gasteiger partial charge in [0.25, 0.3) is 5.91 Å². The van der Waals surface area contributed by atoms with Gasteiger partial charge >= 0.3 is 0 Å². The monoisotopic (exact) mass is 469 g/mol. The van der Waals surface area contributed by atoms with E-state index in [1.807, 2.05) is 12.1 Å². The van der Waals surface area contributed by atoms with E-state index < -0.39 is 10.0 Å². The summed E-state index contributed by atoms with van der Waals surface area (Å²) in [7, 11) is -3.61. The second-order valence-corrected chi connectivity index (χ2v) is 12.1. The van der Waals surface area contributed by atoms with E-state index in [1.54, 1.807) is 36.4 Å². The first-order chi connectivity index (χ1) is 15.6. The standard InChI is InChI=1S/C26H35N3O3S/c1-26(2,3)21-8-12-24(13-9-21)33(31,32)27-18-19-4-6-20(7-5-19)25(30)28-22-14-16-29(17-15-22)23-10-11-23/h4-9,12-13,22-23,27H,10-11,14-18H2,1-3H3,(H,28,30). The summed E-state index contributed by atoms with van der Waals surface area (Å²) in [6.45, 7) is 8.58. The summed E-state index contributed by atoms with van der Waals surface area (Å²) >= 11 is 0. The minimum absolute atomic E-state index is 0.0301. The third-order valence-corrected chi connectivity index (χ3v) is 8.06. The fourth-order valence-corrected chi connectivity index (χ4v) is 5.30. The zero-order valence-corrected chi connectivity index (χ0v) is 20.6. The molecule has 0 aromatic heterocycles. The summed E-state index contributed by atoms with van der Waals surface area (Å²) in [6, 6.07) is 15.1. The summed E-state index contributed by atoms with van der Waals surface area (Å²) in [5.74, 6) is -0.0639. The van der Waals surface area contributed by atoms with E-state index in [1.165, 1.54) is 12.8 Å². The zero-order chi connectivity index (χ0) is 23.6. The number of hydrogen-bond donors (Lipinski definition) is 2. The number of hydrogen-bond acceptors (Lipinski definition) is 4. The second kappa shape index (κ2) is 9.57. The fourth-order valence-electron chi connectivity index (χ4n) is 4.29. The molecule has 1 heterocycles. The Balaban J connectivity index is 1.28. The molecule has 2 aromatic rings. The van der Waals surface area contributed by atoms with E-state index in [2.05, 4.69) is 35.7 Å². The van der Waals surface area contributed by atoms with Crippen LogP contribution >= 0.6 is 0 Å². The smallest absolute Gasteiger partial charge is 0.251 e. The Morgan fingerprint density at radius 3 is 2.09 bits per heavy atom. The van der Waals surface area contributed by atoms with Crippen LogP contribution in [-0.4, -0.2) is 44.4 Å². The Bertz CT molecular complexity index is 1060. The topological polar surface area (TPSA) is 78.5 Å². The van der Waals surface area contributed by atoms with Gasteiger partial charge in [-0.25, -0.2) is 13.1 Å². The first-order valence-electron chi connectivity index (χ1n) is 11.9. The van der Waals surface area contributed by atoms with Crippen molar-refractivity contribution in [2.45, 2.75) is 75.4 Å². The molecular formula is C26H35N3O3S. The Labute approximate surface area is 197 Å². The van der Waals surface area contributed by atoms with Gasteiger partial charge in [0, 0.05) is 37.3 Å². The minimum Gasteiger partial charge on any atom is -0.349 e. The number of piperidine rings is 1. The normalized spacial score (nSPS) is 18.3. The SMILES string of the molecule is CC(C)(C)c1ccc(S(=O)(=O)NCc2ccc(C(=O)NC3CCN(C4CC4)CC3)cc2)cc1. The Morgan fingerprint density at radius 1 is 0.939 bits per heavy atom. The maximum atomic E-state index is 12.7. The Morgan fingerprint density at radius 2 is 1.55 bits per heavy atom. The van der Waals surface area contributed by atoms with Crippen LogP contribution in [0.5, 0.6) is 0 Å². The number of amides is 1. The van der Waals surface area contributed by atoms with Crippen molar-refractivity contribution in [3.8, 4) is 0 Å². The lowest BCUT2D eigenvalue weighted by atomic mass is 9.87. The van der Waals surface area contributed by atoms with Crippen molar-refractivity contribution in [3.63, 3.8) is 0 Å². The first-order valence-corrected chi connectivity index (χ1v) is 13.3. The van der Waals surface area contributed by atoms with Gasteiger partial charge in [-0.1, -0.05) is 45.0 Å². The lowest BCUT2D eigenvalue weighted by Crippen LogP contribution is -2.45. The third-order valence-electron chi connectivity index (χ3n) is 6.64. The molecule has 1 amide bonds. The first kappa shape index (κ1) is 23.9. The molecule has 2 aliphatic rings. The predicted octanol–water partition coefficient (Wildman–Crippen LogP) is 3.82. The van der Waals surface area contributed by atoms with Gasteiger partial charge in [-0.05, 0) is 66.5 Å². The van der Waals surface area contributed by atoms with Crippen molar-refractivity contribution < 1.29 is 13.2 Å². The molecule has 2 fully saturated rings. The summed E-state index contributed by atoms with van der Waals surface area (Å²) < 4.78 is 28.0. The van der Waals surface area contributed by atoms with Crippen LogP contribution in [0.2, 0.25) is 0 Å². The summed E-state index contributed by atoms with van der Waals surface area (Å²) in [6.07, 6.45) is 4.64. The third kappa shape index (κ3) is 6.22. The number of likely N-dealkylation sites (tertiary alicyclic amines) is 1. The molecule has 33 heavy (non-hydrogen) atoms. The Kier molecular flexibility index (Phi) is 6.93. The molecule has 2 N–H and O–H groups in total. The highest BCUT2D eigenvalue weighted by molar-refractivity contribution is 7.89. The van der Waals surface area contributed by atoms with E-state index in [4.69, 9.17) is 0 Å². The quantitative estimate of drug-likeness (QED) is 0.646. The van der Waals surface area contributed by atoms with Gasteiger partial charge < -0.3 is 10.2 Å². The van der Waals surface area contributed by atoms with Crippen LogP contribution in [-0.2, 0) is 22.0 Å². The molecule has 0 radical (unpaired) electrons. The van der Waals surface area contributed by atoms with E-state index in [-0.39, 0.29) is 28.8 Å². The molecule has 0 unspecified atom stereocenters. The largest absolute Gasteiger partial charge is 0.349 e. The number of rotatable bonds is 7. The average molecular weight is 470 g/mol. The van der Waals surface area contributed by atoms with Crippen LogP contribution in [0.3, 0.4) is 0 Å². The summed E-state index contributed by atoms with van der Waals surface area (Å²) in [5, 5.41) is 3.15. The van der Waals surface area contributed by atoms with Crippen molar-refractivity contribution in [1.29, 1.82) is 0 Å². The molecule has 0 atom stereocenters. The maximum Gasteiger partial charge on any atom is 0.251 e. The molecule has 178 valence electrons. The molecule has 1 saturated heterocycles. The molecule has 7 heteroatoms. The van der Waals surface area contributed by atoms with E-state index in [9.17, 15) is 13.2 Å². The van der Waals surface area contributed by atoms with Gasteiger partial charge in [-0.2, -0.15) is 0 Å². The lowest BCUT2D eigenvalue weighted by Gasteiger charge is -2.32. The van der Waals surface area contributed by atoms with Gasteiger partial charge in [-0.3, -0.25) is 4.79 Å². The van der Waals surface area contributed by atoms with Crippen molar-refractivity contribution >= 4 is 15.9 Å². The highest BCUT2D eigenvalue weighted by Gasteiger charge is 2.32. The van der Waals surface area contributed by atoms with Crippen molar-refractivity contribution in [1.82, 2.24) is 14.9 Å². The molecule has 2 aromatic carbocycles. The molecule has 1 aliphatic carbocycles. The van der Waals surface area contributed by atoms with Crippen molar-refractivity contribution in [3.05, 3.63) is 65.2 Å². The van der Waals surface area contributed by atoms with Crippen LogP contribution in [0.1, 0.15) is 67.9 Å². The van der Waals surface area contributed by atoms with Crippen LogP contribution in [0.15, 0.2) is 53.4 Å².